The van der Waals surface area contributed by atoms with E-state index in [4.69, 9.17) is 14.2 Å². The van der Waals surface area contributed by atoms with Crippen LogP contribution in [0.2, 0.25) is 0 Å². The minimum Gasteiger partial charge on any atom is -0.497 e. The molecular weight excluding hydrogens is 402 g/mol. The Hall–Kier alpha value is -2.36. The van der Waals surface area contributed by atoms with Crippen LogP contribution in [0.5, 0.6) is 11.5 Å². The van der Waals surface area contributed by atoms with Crippen molar-refractivity contribution in [3.05, 3.63) is 53.6 Å². The van der Waals surface area contributed by atoms with Crippen LogP contribution in [0.4, 0.5) is 5.69 Å². The largest absolute Gasteiger partial charge is 0.497 e. The predicted molar refractivity (Wildman–Crippen MR) is 114 cm³/mol. The van der Waals surface area contributed by atoms with Crippen molar-refractivity contribution in [2.75, 3.05) is 38.3 Å². The maximum Gasteiger partial charge on any atom is 0.143 e. The molecule has 2 aromatic carbocycles. The van der Waals surface area contributed by atoms with Crippen LogP contribution in [-0.4, -0.2) is 78.3 Å². The van der Waals surface area contributed by atoms with Gasteiger partial charge in [0, 0.05) is 6.54 Å². The first kappa shape index (κ1) is 21.9. The number of nitrogens with zero attached hydrogens (tertiary/aromatic N) is 1. The lowest BCUT2D eigenvalue weighted by Crippen LogP contribution is -2.55. The highest BCUT2D eigenvalue weighted by molar-refractivity contribution is 5.61. The summed E-state index contributed by atoms with van der Waals surface area (Å²) >= 11 is 0. The van der Waals surface area contributed by atoms with Gasteiger partial charge < -0.3 is 39.5 Å². The molecule has 0 amide bonds. The normalized spacial score (nSPS) is 28.0. The van der Waals surface area contributed by atoms with Gasteiger partial charge in [-0.05, 0) is 41.8 Å². The third-order valence-corrected chi connectivity index (χ3v) is 5.99. The maximum atomic E-state index is 10.4. The molecule has 0 unspecified atom stereocenters. The molecule has 0 saturated carbocycles. The molecule has 1 fully saturated rings. The summed E-state index contributed by atoms with van der Waals surface area (Å²) in [5.41, 5.74) is 2.78. The standard InChI is InChI=1S/C23H29NO7/c1-29-16-5-2-14(3-6-16)8-9-24-10-11-30-18-12-15(4-7-17(18)24)23-22(28)21(27)20(26)19(13-25)31-23/h2-7,12,19-23,25-28H,8-11,13H2,1H3/t19-,20-,21+,22-,23+/m1/s1. The van der Waals surface area contributed by atoms with E-state index in [1.54, 1.807) is 13.2 Å². The third kappa shape index (κ3) is 4.49. The van der Waals surface area contributed by atoms with E-state index in [1.807, 2.05) is 24.3 Å². The lowest BCUT2D eigenvalue weighted by molar-refractivity contribution is -0.231. The molecule has 2 aliphatic heterocycles. The van der Waals surface area contributed by atoms with Gasteiger partial charge in [0.25, 0.3) is 0 Å². The van der Waals surface area contributed by atoms with Gasteiger partial charge in [0.05, 0.1) is 25.9 Å². The molecule has 31 heavy (non-hydrogen) atoms. The fourth-order valence-corrected chi connectivity index (χ4v) is 4.14. The van der Waals surface area contributed by atoms with E-state index in [0.717, 1.165) is 30.9 Å². The zero-order chi connectivity index (χ0) is 22.0. The first-order valence-electron chi connectivity index (χ1n) is 10.5. The van der Waals surface area contributed by atoms with Crippen LogP contribution >= 0.6 is 0 Å². The Labute approximate surface area is 181 Å². The third-order valence-electron chi connectivity index (χ3n) is 5.99. The second kappa shape index (κ2) is 9.42. The first-order valence-corrected chi connectivity index (χ1v) is 10.5. The van der Waals surface area contributed by atoms with Crippen molar-refractivity contribution in [1.29, 1.82) is 0 Å². The van der Waals surface area contributed by atoms with E-state index < -0.39 is 37.1 Å². The summed E-state index contributed by atoms with van der Waals surface area (Å²) in [6.07, 6.45) is -5.05. The minimum atomic E-state index is -1.41. The van der Waals surface area contributed by atoms with Gasteiger partial charge in [-0.2, -0.15) is 0 Å². The Morgan fingerprint density at radius 3 is 2.52 bits per heavy atom. The molecule has 0 aromatic heterocycles. The van der Waals surface area contributed by atoms with Crippen molar-refractivity contribution in [3.8, 4) is 11.5 Å². The fourth-order valence-electron chi connectivity index (χ4n) is 4.14. The van der Waals surface area contributed by atoms with Gasteiger partial charge >= 0.3 is 0 Å². The van der Waals surface area contributed by atoms with Gasteiger partial charge in [-0.1, -0.05) is 18.2 Å². The Morgan fingerprint density at radius 2 is 1.81 bits per heavy atom. The number of rotatable bonds is 6. The summed E-state index contributed by atoms with van der Waals surface area (Å²) in [5, 5.41) is 39.9. The van der Waals surface area contributed by atoms with Crippen molar-refractivity contribution < 1.29 is 34.6 Å². The van der Waals surface area contributed by atoms with Crippen molar-refractivity contribution in [2.45, 2.75) is 36.9 Å². The van der Waals surface area contributed by atoms with Gasteiger partial charge in [-0.15, -0.1) is 0 Å². The van der Waals surface area contributed by atoms with Gasteiger partial charge in [0.1, 0.15) is 48.6 Å². The Kier molecular flexibility index (Phi) is 6.64. The molecule has 2 aliphatic rings. The maximum absolute atomic E-state index is 10.4. The zero-order valence-corrected chi connectivity index (χ0v) is 17.4. The number of hydrogen-bond donors (Lipinski definition) is 4. The molecule has 4 rings (SSSR count). The predicted octanol–water partition coefficient (Wildman–Crippen LogP) is 0.652. The molecule has 1 saturated heterocycles. The average Bonchev–Trinajstić information content (AvgIpc) is 2.81. The zero-order valence-electron chi connectivity index (χ0n) is 17.4. The lowest BCUT2D eigenvalue weighted by atomic mass is 9.91. The van der Waals surface area contributed by atoms with E-state index in [-0.39, 0.29) is 0 Å². The van der Waals surface area contributed by atoms with Crippen LogP contribution in [0.1, 0.15) is 17.2 Å². The summed E-state index contributed by atoms with van der Waals surface area (Å²) in [6, 6.07) is 13.6. The second-order valence-corrected chi connectivity index (χ2v) is 7.91. The monoisotopic (exact) mass is 431 g/mol. The van der Waals surface area contributed by atoms with E-state index >= 15 is 0 Å². The van der Waals surface area contributed by atoms with Crippen LogP contribution in [-0.2, 0) is 11.2 Å². The highest BCUT2D eigenvalue weighted by Gasteiger charge is 2.44. The number of anilines is 1. The van der Waals surface area contributed by atoms with Crippen molar-refractivity contribution >= 4 is 5.69 Å². The van der Waals surface area contributed by atoms with E-state index in [0.29, 0.717) is 17.9 Å². The highest BCUT2D eigenvalue weighted by atomic mass is 16.5. The van der Waals surface area contributed by atoms with Crippen LogP contribution in [0, 0.1) is 0 Å². The van der Waals surface area contributed by atoms with Crippen LogP contribution < -0.4 is 14.4 Å². The molecule has 0 aliphatic carbocycles. The molecule has 8 heteroatoms. The van der Waals surface area contributed by atoms with Gasteiger partial charge in [-0.3, -0.25) is 0 Å². The van der Waals surface area contributed by atoms with Gasteiger partial charge in [0.15, 0.2) is 0 Å². The number of fused-ring (bicyclic) bond motifs is 1. The minimum absolute atomic E-state index is 0.456. The number of aliphatic hydroxyl groups excluding tert-OH is 4. The second-order valence-electron chi connectivity index (χ2n) is 7.91. The number of ether oxygens (including phenoxy) is 3. The SMILES string of the molecule is COc1ccc(CCN2CCOc3cc([C@@H]4O[C@H](CO)[C@@H](O)[C@H](O)[C@H]4O)ccc32)cc1. The Balaban J connectivity index is 1.49. The van der Waals surface area contributed by atoms with Crippen molar-refractivity contribution in [1.82, 2.24) is 0 Å². The molecule has 0 bridgehead atoms. The van der Waals surface area contributed by atoms with Gasteiger partial charge in [0.2, 0.25) is 0 Å². The molecule has 4 N–H and O–H groups in total. The van der Waals surface area contributed by atoms with Gasteiger partial charge in [-0.25, -0.2) is 0 Å². The smallest absolute Gasteiger partial charge is 0.143 e. The van der Waals surface area contributed by atoms with Crippen LogP contribution in [0.15, 0.2) is 42.5 Å². The van der Waals surface area contributed by atoms with E-state index in [2.05, 4.69) is 17.0 Å². The molecule has 2 heterocycles. The molecule has 5 atom stereocenters. The molecular formula is C23H29NO7. The Morgan fingerprint density at radius 1 is 1.03 bits per heavy atom. The number of methoxy groups -OCH3 is 1. The van der Waals surface area contributed by atoms with Crippen LogP contribution in [0.25, 0.3) is 0 Å². The molecule has 0 radical (unpaired) electrons. The topological polar surface area (TPSA) is 112 Å². The summed E-state index contributed by atoms with van der Waals surface area (Å²) < 4.78 is 16.7. The average molecular weight is 431 g/mol. The Bertz CT molecular complexity index is 873. The summed E-state index contributed by atoms with van der Waals surface area (Å²) in [5.74, 6) is 1.51. The fraction of sp³-hybridized carbons (Fsp3) is 0.478. The molecule has 0 spiro atoms. The molecule has 2 aromatic rings. The quantitative estimate of drug-likeness (QED) is 0.528. The first-order chi connectivity index (χ1) is 15.0. The van der Waals surface area contributed by atoms with Crippen molar-refractivity contribution in [3.63, 3.8) is 0 Å². The number of hydrogen-bond acceptors (Lipinski definition) is 8. The lowest BCUT2D eigenvalue weighted by Gasteiger charge is -2.40. The van der Waals surface area contributed by atoms with E-state index in [9.17, 15) is 20.4 Å². The van der Waals surface area contributed by atoms with Crippen LogP contribution in [0.3, 0.4) is 0 Å². The van der Waals surface area contributed by atoms with Crippen molar-refractivity contribution in [2.24, 2.45) is 0 Å². The van der Waals surface area contributed by atoms with E-state index in [1.165, 1.54) is 5.56 Å². The summed E-state index contributed by atoms with van der Waals surface area (Å²) in [4.78, 5) is 2.25. The highest BCUT2D eigenvalue weighted by Crippen LogP contribution is 2.38. The molecule has 8 nitrogen and oxygen atoms in total. The molecule has 168 valence electrons. The summed E-state index contributed by atoms with van der Waals surface area (Å²) in [7, 11) is 1.65. The number of aliphatic hydroxyl groups is 4. The summed E-state index contributed by atoms with van der Waals surface area (Å²) in [6.45, 7) is 1.67. The number of benzene rings is 2.